The predicted octanol–water partition coefficient (Wildman–Crippen LogP) is 0.270. The number of hydrogen-bond acceptors (Lipinski definition) is 4. The van der Waals surface area contributed by atoms with Crippen LogP contribution in [0.4, 0.5) is 0 Å². The van der Waals surface area contributed by atoms with Gasteiger partial charge in [0.2, 0.25) is 0 Å². The Morgan fingerprint density at radius 3 is 2.08 bits per heavy atom. The first-order valence-corrected chi connectivity index (χ1v) is 4.31. The van der Waals surface area contributed by atoms with E-state index in [1.54, 1.807) is 18.2 Å². The Bertz CT molecular complexity index is 270. The van der Waals surface area contributed by atoms with Crippen molar-refractivity contribution in [3.63, 3.8) is 0 Å². The van der Waals surface area contributed by atoms with Gasteiger partial charge in [-0.3, -0.25) is 0 Å². The van der Waals surface area contributed by atoms with Crippen LogP contribution in [0.1, 0.15) is 0 Å². The molecule has 4 N–H and O–H groups in total. The largest absolute Gasteiger partial charge is 0.780 e. The Labute approximate surface area is 69.8 Å². The van der Waals surface area contributed by atoms with Crippen molar-refractivity contribution < 1.29 is 18.9 Å². The highest BCUT2D eigenvalue weighted by molar-refractivity contribution is 7.43. The number of phosphoric ester groups is 1. The molecule has 0 aliphatic rings. The third-order valence-electron chi connectivity index (χ3n) is 0.960. The van der Waals surface area contributed by atoms with E-state index in [0.29, 0.717) is 0 Å². The quantitative estimate of drug-likeness (QED) is 0.674. The molecule has 0 amide bonds. The van der Waals surface area contributed by atoms with Crippen LogP contribution >= 0.6 is 7.82 Å². The van der Waals surface area contributed by atoms with Crippen LogP contribution in [0.15, 0.2) is 30.3 Å². The lowest BCUT2D eigenvalue weighted by Gasteiger charge is -2.28. The molecule has 68 valence electrons. The lowest BCUT2D eigenvalue weighted by molar-refractivity contribution is -0.333. The van der Waals surface area contributed by atoms with E-state index >= 15 is 0 Å². The first kappa shape index (κ1) is 11.1. The molecule has 5 nitrogen and oxygen atoms in total. The Kier molecular flexibility index (Phi) is 3.92. The molecule has 0 heterocycles. The zero-order valence-electron chi connectivity index (χ0n) is 6.47. The van der Waals surface area contributed by atoms with E-state index in [4.69, 9.17) is 0 Å². The van der Waals surface area contributed by atoms with Crippen molar-refractivity contribution in [3.8, 4) is 5.75 Å². The minimum absolute atomic E-state index is 0. The van der Waals surface area contributed by atoms with Crippen LogP contribution in [-0.4, -0.2) is 0 Å². The van der Waals surface area contributed by atoms with Gasteiger partial charge in [0.05, 0.1) is 0 Å². The number of phosphoric acid groups is 1. The van der Waals surface area contributed by atoms with Crippen molar-refractivity contribution in [2.75, 3.05) is 0 Å². The molecule has 0 saturated heterocycles. The van der Waals surface area contributed by atoms with Crippen LogP contribution in [0, 0.1) is 0 Å². The van der Waals surface area contributed by atoms with E-state index in [2.05, 4.69) is 4.52 Å². The molecule has 0 aliphatic carbocycles. The van der Waals surface area contributed by atoms with Gasteiger partial charge in [-0.15, -0.1) is 0 Å². The summed E-state index contributed by atoms with van der Waals surface area (Å²) >= 11 is 0. The number of para-hydroxylation sites is 1. The summed E-state index contributed by atoms with van der Waals surface area (Å²) in [5.74, 6) is 0.0424. The topological polar surface area (TPSA) is 109 Å². The van der Waals surface area contributed by atoms with E-state index in [9.17, 15) is 14.4 Å². The molecule has 0 spiro atoms. The highest BCUT2D eigenvalue weighted by atomic mass is 31.2. The van der Waals surface area contributed by atoms with E-state index in [-0.39, 0.29) is 11.9 Å². The van der Waals surface area contributed by atoms with Crippen LogP contribution in [0.25, 0.3) is 0 Å². The molecule has 1 aromatic carbocycles. The lowest BCUT2D eigenvalue weighted by Crippen LogP contribution is -2.18. The Hall–Kier alpha value is -0.870. The van der Waals surface area contributed by atoms with Crippen LogP contribution < -0.4 is 20.5 Å². The number of hydrogen-bond donors (Lipinski definition) is 1. The summed E-state index contributed by atoms with van der Waals surface area (Å²) in [6.07, 6.45) is 0. The molecule has 1 aromatic rings. The molecular weight excluding hydrogens is 181 g/mol. The van der Waals surface area contributed by atoms with Crippen molar-refractivity contribution in [3.05, 3.63) is 30.3 Å². The van der Waals surface area contributed by atoms with Gasteiger partial charge in [-0.2, -0.15) is 0 Å². The van der Waals surface area contributed by atoms with Gasteiger partial charge in [-0.1, -0.05) is 18.2 Å². The van der Waals surface area contributed by atoms with E-state index in [0.717, 1.165) is 0 Å². The standard InChI is InChI=1S/C6H7O4P.H3N/c7-11(8,9)10-6-4-2-1-3-5-6;/h1-5H,(H2,7,8,9);1H3/p-1. The summed E-state index contributed by atoms with van der Waals surface area (Å²) in [7, 11) is -4.89. The Morgan fingerprint density at radius 1 is 1.17 bits per heavy atom. The summed E-state index contributed by atoms with van der Waals surface area (Å²) in [5, 5.41) is 0. The van der Waals surface area contributed by atoms with Gasteiger partial charge in [0.1, 0.15) is 13.6 Å². The normalized spacial score (nSPS) is 10.2. The lowest BCUT2D eigenvalue weighted by atomic mass is 10.3. The third-order valence-corrected chi connectivity index (χ3v) is 1.39. The first-order chi connectivity index (χ1) is 5.08. The molecule has 0 aliphatic heterocycles. The minimum Gasteiger partial charge on any atom is -0.780 e. The zero-order chi connectivity index (χ0) is 8.32. The average molecular weight is 190 g/mol. The van der Waals surface area contributed by atoms with E-state index < -0.39 is 7.82 Å². The molecular formula is C6H9NO4P-. The van der Waals surface area contributed by atoms with Crippen LogP contribution in [0.2, 0.25) is 0 Å². The van der Waals surface area contributed by atoms with Gasteiger partial charge >= 0.3 is 0 Å². The molecule has 1 rings (SSSR count). The van der Waals surface area contributed by atoms with Gasteiger partial charge in [-0.05, 0) is 12.1 Å². The summed E-state index contributed by atoms with van der Waals surface area (Å²) in [5.41, 5.74) is 0. The average Bonchev–Trinajstić information content (AvgIpc) is 1.85. The third kappa shape index (κ3) is 4.10. The van der Waals surface area contributed by atoms with Crippen molar-refractivity contribution in [2.24, 2.45) is 0 Å². The highest BCUT2D eigenvalue weighted by Crippen LogP contribution is 2.28. The number of quaternary nitrogens is 1. The van der Waals surface area contributed by atoms with Gasteiger partial charge in [-0.25, -0.2) is 0 Å². The smallest absolute Gasteiger partial charge is 0.124 e. The van der Waals surface area contributed by atoms with Gasteiger partial charge in [0.25, 0.3) is 0 Å². The maximum absolute atomic E-state index is 10.1. The van der Waals surface area contributed by atoms with E-state index in [1.165, 1.54) is 12.1 Å². The summed E-state index contributed by atoms with van der Waals surface area (Å²) in [4.78, 5) is 20.1. The first-order valence-electron chi connectivity index (χ1n) is 2.85. The zero-order valence-corrected chi connectivity index (χ0v) is 7.36. The monoisotopic (exact) mass is 190 g/mol. The second-order valence-corrected chi connectivity index (χ2v) is 2.93. The predicted molar refractivity (Wildman–Crippen MR) is 40.7 cm³/mol. The van der Waals surface area contributed by atoms with Gasteiger partial charge in [0.15, 0.2) is 0 Å². The van der Waals surface area contributed by atoms with Crippen LogP contribution in [0.5, 0.6) is 5.75 Å². The van der Waals surface area contributed by atoms with Gasteiger partial charge < -0.3 is 25.0 Å². The molecule has 0 atom stereocenters. The molecule has 0 saturated carbocycles. The Balaban J connectivity index is 0.00000121. The minimum atomic E-state index is -4.89. The second kappa shape index (κ2) is 4.23. The summed E-state index contributed by atoms with van der Waals surface area (Å²) in [6.45, 7) is 0. The molecule has 12 heavy (non-hydrogen) atoms. The number of rotatable bonds is 2. The van der Waals surface area contributed by atoms with Gasteiger partial charge in [0, 0.05) is 0 Å². The molecule has 0 bridgehead atoms. The fraction of sp³-hybridized carbons (Fsp3) is 0. The molecule has 0 unspecified atom stereocenters. The maximum atomic E-state index is 10.1. The van der Waals surface area contributed by atoms with Crippen molar-refractivity contribution >= 4 is 7.82 Å². The number of benzene rings is 1. The second-order valence-electron chi connectivity index (χ2n) is 1.85. The van der Waals surface area contributed by atoms with Crippen LogP contribution in [0.3, 0.4) is 0 Å². The Morgan fingerprint density at radius 2 is 1.67 bits per heavy atom. The molecule has 6 heteroatoms. The van der Waals surface area contributed by atoms with E-state index in [1.807, 2.05) is 0 Å². The molecule has 0 fully saturated rings. The van der Waals surface area contributed by atoms with Crippen LogP contribution in [-0.2, 0) is 4.57 Å². The summed E-state index contributed by atoms with van der Waals surface area (Å²) in [6, 6.07) is 7.62. The fourth-order valence-corrected chi connectivity index (χ4v) is 0.990. The van der Waals surface area contributed by atoms with Crippen molar-refractivity contribution in [1.29, 1.82) is 0 Å². The SMILES string of the molecule is O=P([O-])([O-])Oc1ccccc1.[NH4+]. The maximum Gasteiger partial charge on any atom is 0.124 e. The van der Waals surface area contributed by atoms with Crippen molar-refractivity contribution in [1.82, 2.24) is 6.15 Å². The fourth-order valence-electron chi connectivity index (χ4n) is 0.610. The molecule has 0 radical (unpaired) electrons. The summed E-state index contributed by atoms with van der Waals surface area (Å²) < 4.78 is 14.1. The highest BCUT2D eigenvalue weighted by Gasteiger charge is 1.92. The van der Waals surface area contributed by atoms with Crippen molar-refractivity contribution in [2.45, 2.75) is 0 Å². The molecule has 0 aromatic heterocycles.